The first kappa shape index (κ1) is 20.1. The van der Waals surface area contributed by atoms with Gasteiger partial charge in [-0.15, -0.1) is 0 Å². The summed E-state index contributed by atoms with van der Waals surface area (Å²) in [7, 11) is 0. The maximum absolute atomic E-state index is 6.03. The molecule has 2 heterocycles. The molecule has 27 heavy (non-hydrogen) atoms. The van der Waals surface area contributed by atoms with Crippen molar-refractivity contribution in [3.05, 3.63) is 35.4 Å². The first-order valence-electron chi connectivity index (χ1n) is 10.2. The predicted molar refractivity (Wildman–Crippen MR) is 107 cm³/mol. The second kappa shape index (κ2) is 11.3. The van der Waals surface area contributed by atoms with Gasteiger partial charge in [-0.2, -0.15) is 0 Å². The van der Waals surface area contributed by atoms with E-state index in [0.717, 1.165) is 64.6 Å². The fraction of sp³-hybridized carbons (Fsp3) is 0.667. The summed E-state index contributed by atoms with van der Waals surface area (Å²) < 4.78 is 17.1. The molecule has 2 aliphatic rings. The van der Waals surface area contributed by atoms with Crippen LogP contribution in [-0.4, -0.2) is 51.1 Å². The molecule has 0 radical (unpaired) electrons. The normalized spacial score (nSPS) is 21.4. The van der Waals surface area contributed by atoms with Crippen molar-refractivity contribution < 1.29 is 14.2 Å². The number of nitrogens with one attached hydrogen (secondary N) is 2. The fourth-order valence-corrected chi connectivity index (χ4v) is 3.40. The Hall–Kier alpha value is -1.63. The largest absolute Gasteiger partial charge is 0.381 e. The summed E-state index contributed by atoms with van der Waals surface area (Å²) in [5.74, 6) is 0.844. The zero-order chi connectivity index (χ0) is 18.7. The van der Waals surface area contributed by atoms with E-state index in [1.54, 1.807) is 0 Å². The van der Waals surface area contributed by atoms with Gasteiger partial charge in [0.2, 0.25) is 0 Å². The van der Waals surface area contributed by atoms with E-state index in [1.165, 1.54) is 11.1 Å². The SMILES string of the molecule is CCNC(=NCc1cccc(COC2CCOCC2)c1)NCC1CCCO1. The Morgan fingerprint density at radius 2 is 2.00 bits per heavy atom. The minimum Gasteiger partial charge on any atom is -0.381 e. The highest BCUT2D eigenvalue weighted by Crippen LogP contribution is 2.15. The van der Waals surface area contributed by atoms with Crippen molar-refractivity contribution in [3.63, 3.8) is 0 Å². The van der Waals surface area contributed by atoms with Gasteiger partial charge in [-0.3, -0.25) is 0 Å². The summed E-state index contributed by atoms with van der Waals surface area (Å²) in [6.07, 6.45) is 4.89. The van der Waals surface area contributed by atoms with E-state index < -0.39 is 0 Å². The highest BCUT2D eigenvalue weighted by Gasteiger charge is 2.16. The van der Waals surface area contributed by atoms with E-state index >= 15 is 0 Å². The van der Waals surface area contributed by atoms with Gasteiger partial charge in [-0.25, -0.2) is 4.99 Å². The van der Waals surface area contributed by atoms with Crippen molar-refractivity contribution in [1.82, 2.24) is 10.6 Å². The molecule has 0 aromatic heterocycles. The Morgan fingerprint density at radius 1 is 1.15 bits per heavy atom. The second-order valence-electron chi connectivity index (χ2n) is 7.15. The molecule has 0 bridgehead atoms. The van der Waals surface area contributed by atoms with Crippen molar-refractivity contribution in [1.29, 1.82) is 0 Å². The summed E-state index contributed by atoms with van der Waals surface area (Å²) in [5, 5.41) is 6.70. The van der Waals surface area contributed by atoms with Crippen LogP contribution in [0.2, 0.25) is 0 Å². The predicted octanol–water partition coefficient (Wildman–Crippen LogP) is 2.62. The summed E-state index contributed by atoms with van der Waals surface area (Å²) in [4.78, 5) is 4.72. The highest BCUT2D eigenvalue weighted by molar-refractivity contribution is 5.79. The molecular formula is C21H33N3O3. The molecule has 0 amide bonds. The first-order valence-corrected chi connectivity index (χ1v) is 10.2. The Balaban J connectivity index is 1.49. The lowest BCUT2D eigenvalue weighted by molar-refractivity contribution is -0.0390. The first-order chi connectivity index (χ1) is 13.3. The Kier molecular flexibility index (Phi) is 8.39. The van der Waals surface area contributed by atoms with Crippen LogP contribution in [-0.2, 0) is 27.4 Å². The summed E-state index contributed by atoms with van der Waals surface area (Å²) >= 11 is 0. The van der Waals surface area contributed by atoms with Gasteiger partial charge in [0.25, 0.3) is 0 Å². The van der Waals surface area contributed by atoms with E-state index in [4.69, 9.17) is 19.2 Å². The third-order valence-electron chi connectivity index (χ3n) is 4.93. The molecule has 1 atom stereocenters. The average Bonchev–Trinajstić information content (AvgIpc) is 3.23. The van der Waals surface area contributed by atoms with Crippen LogP contribution in [0.5, 0.6) is 0 Å². The Morgan fingerprint density at radius 3 is 2.78 bits per heavy atom. The number of aliphatic imine (C=N–C) groups is 1. The molecule has 150 valence electrons. The van der Waals surface area contributed by atoms with Crippen LogP contribution >= 0.6 is 0 Å². The van der Waals surface area contributed by atoms with Crippen molar-refractivity contribution in [3.8, 4) is 0 Å². The molecule has 0 aliphatic carbocycles. The molecule has 1 aromatic carbocycles. The number of rotatable bonds is 8. The molecule has 3 rings (SSSR count). The van der Waals surface area contributed by atoms with Crippen LogP contribution in [0.3, 0.4) is 0 Å². The molecule has 2 N–H and O–H groups in total. The average molecular weight is 376 g/mol. The van der Waals surface area contributed by atoms with Crippen molar-refractivity contribution in [2.75, 3.05) is 32.9 Å². The van der Waals surface area contributed by atoms with Gasteiger partial charge in [0.05, 0.1) is 25.4 Å². The molecule has 0 saturated carbocycles. The maximum Gasteiger partial charge on any atom is 0.191 e. The van der Waals surface area contributed by atoms with Crippen LogP contribution in [0, 0.1) is 0 Å². The van der Waals surface area contributed by atoms with Crippen LogP contribution in [0.1, 0.15) is 43.7 Å². The number of nitrogens with zero attached hydrogens (tertiary/aromatic N) is 1. The summed E-state index contributed by atoms with van der Waals surface area (Å²) in [6.45, 7) is 7.53. The van der Waals surface area contributed by atoms with E-state index in [1.807, 2.05) is 0 Å². The van der Waals surface area contributed by atoms with Crippen LogP contribution in [0.4, 0.5) is 0 Å². The third kappa shape index (κ3) is 7.13. The lowest BCUT2D eigenvalue weighted by Gasteiger charge is -2.22. The van der Waals surface area contributed by atoms with E-state index in [9.17, 15) is 0 Å². The number of hydrogen-bond acceptors (Lipinski definition) is 4. The Labute approximate surface area is 162 Å². The molecule has 2 fully saturated rings. The fourth-order valence-electron chi connectivity index (χ4n) is 3.40. The standard InChI is InChI=1S/C21H33N3O3/c1-2-22-21(24-15-20-7-4-10-26-20)23-14-17-5-3-6-18(13-17)16-27-19-8-11-25-12-9-19/h3,5-6,13,19-20H,2,4,7-12,14-16H2,1H3,(H2,22,23,24). The molecule has 1 aromatic rings. The smallest absolute Gasteiger partial charge is 0.191 e. The highest BCUT2D eigenvalue weighted by atomic mass is 16.5. The van der Waals surface area contributed by atoms with Crippen LogP contribution < -0.4 is 10.6 Å². The molecule has 6 heteroatoms. The monoisotopic (exact) mass is 375 g/mol. The molecule has 6 nitrogen and oxygen atoms in total. The topological polar surface area (TPSA) is 64.1 Å². The minimum absolute atomic E-state index is 0.305. The van der Waals surface area contributed by atoms with Gasteiger partial charge in [0.15, 0.2) is 5.96 Å². The van der Waals surface area contributed by atoms with Crippen molar-refractivity contribution >= 4 is 5.96 Å². The maximum atomic E-state index is 6.03. The number of benzene rings is 1. The van der Waals surface area contributed by atoms with Crippen molar-refractivity contribution in [2.24, 2.45) is 4.99 Å². The van der Waals surface area contributed by atoms with E-state index in [2.05, 4.69) is 41.8 Å². The molecule has 2 aliphatic heterocycles. The van der Waals surface area contributed by atoms with E-state index in [0.29, 0.717) is 25.4 Å². The molecule has 2 saturated heterocycles. The lowest BCUT2D eigenvalue weighted by Crippen LogP contribution is -2.41. The van der Waals surface area contributed by atoms with Gasteiger partial charge in [-0.1, -0.05) is 24.3 Å². The molecule has 0 spiro atoms. The number of guanidine groups is 1. The molecular weight excluding hydrogens is 342 g/mol. The summed E-state index contributed by atoms with van der Waals surface area (Å²) in [6, 6.07) is 8.51. The van der Waals surface area contributed by atoms with Gasteiger partial charge in [0, 0.05) is 32.9 Å². The summed E-state index contributed by atoms with van der Waals surface area (Å²) in [5.41, 5.74) is 2.39. The number of hydrogen-bond donors (Lipinski definition) is 2. The molecule has 1 unspecified atom stereocenters. The zero-order valence-electron chi connectivity index (χ0n) is 16.4. The third-order valence-corrected chi connectivity index (χ3v) is 4.93. The van der Waals surface area contributed by atoms with Crippen LogP contribution in [0.15, 0.2) is 29.3 Å². The quantitative estimate of drug-likeness (QED) is 0.540. The van der Waals surface area contributed by atoms with Gasteiger partial charge in [0.1, 0.15) is 0 Å². The van der Waals surface area contributed by atoms with E-state index in [-0.39, 0.29) is 0 Å². The Bertz CT molecular complexity index is 582. The van der Waals surface area contributed by atoms with Crippen molar-refractivity contribution in [2.45, 2.75) is 58.0 Å². The number of ether oxygens (including phenoxy) is 3. The van der Waals surface area contributed by atoms with Crippen LogP contribution in [0.25, 0.3) is 0 Å². The second-order valence-corrected chi connectivity index (χ2v) is 7.15. The zero-order valence-corrected chi connectivity index (χ0v) is 16.4. The lowest BCUT2D eigenvalue weighted by atomic mass is 10.1. The van der Waals surface area contributed by atoms with Gasteiger partial charge in [-0.05, 0) is 43.7 Å². The van der Waals surface area contributed by atoms with Gasteiger partial charge >= 0.3 is 0 Å². The minimum atomic E-state index is 0.305. The van der Waals surface area contributed by atoms with Gasteiger partial charge < -0.3 is 24.8 Å².